The number of nitrogens with one attached hydrogen (secondary N) is 1. The van der Waals surface area contributed by atoms with Crippen molar-refractivity contribution in [2.75, 3.05) is 10.8 Å². The van der Waals surface area contributed by atoms with Gasteiger partial charge in [-0.15, -0.1) is 0 Å². The number of hydrogen-bond donors (Lipinski definition) is 2. The molecule has 2 N–H and O–H groups in total. The van der Waals surface area contributed by atoms with Gasteiger partial charge in [0.2, 0.25) is 0 Å². The van der Waals surface area contributed by atoms with Crippen LogP contribution in [0.5, 0.6) is 0 Å². The number of alkyl halides is 6. The highest BCUT2D eigenvalue weighted by atomic mass is 32.2. The molecule has 1 aliphatic heterocycles. The van der Waals surface area contributed by atoms with Gasteiger partial charge < -0.3 is 10.4 Å². The number of rotatable bonds is 6. The highest BCUT2D eigenvalue weighted by molar-refractivity contribution is 7.92. The van der Waals surface area contributed by atoms with Crippen molar-refractivity contribution < 1.29 is 44.7 Å². The second kappa shape index (κ2) is 10.4. The first-order valence-corrected chi connectivity index (χ1v) is 13.3. The monoisotopic (exact) mass is 587 g/mol. The van der Waals surface area contributed by atoms with Crippen LogP contribution < -0.4 is 9.62 Å². The number of sulfonamides is 1. The number of aromatic nitrogens is 1. The van der Waals surface area contributed by atoms with Crippen LogP contribution in [0.15, 0.2) is 71.8 Å². The molecule has 1 aliphatic rings. The van der Waals surface area contributed by atoms with Gasteiger partial charge in [0.05, 0.1) is 16.6 Å². The van der Waals surface area contributed by atoms with Crippen LogP contribution in [-0.2, 0) is 22.0 Å². The molecule has 0 spiro atoms. The van der Waals surface area contributed by atoms with E-state index in [1.807, 2.05) is 0 Å². The number of aliphatic hydroxyl groups is 1. The van der Waals surface area contributed by atoms with Crippen LogP contribution >= 0.6 is 0 Å². The van der Waals surface area contributed by atoms with Gasteiger partial charge in [0.15, 0.2) is 0 Å². The molecule has 1 amide bonds. The lowest BCUT2D eigenvalue weighted by Crippen LogP contribution is -2.54. The number of fused-ring (bicyclic) bond motifs is 1. The molecular weight excluding hydrogens is 564 g/mol. The van der Waals surface area contributed by atoms with Gasteiger partial charge in [0.25, 0.3) is 21.5 Å². The summed E-state index contributed by atoms with van der Waals surface area (Å²) in [5, 5.41) is 12.4. The fourth-order valence-corrected chi connectivity index (χ4v) is 6.20. The first-order chi connectivity index (χ1) is 18.6. The molecule has 2 heterocycles. The van der Waals surface area contributed by atoms with Gasteiger partial charge in [-0.05, 0) is 55.7 Å². The average Bonchev–Trinajstić information content (AvgIpc) is 2.89. The molecule has 0 bridgehead atoms. The third kappa shape index (κ3) is 5.24. The zero-order chi connectivity index (χ0) is 29.5. The average molecular weight is 588 g/mol. The number of pyridine rings is 1. The Balaban J connectivity index is 1.78. The molecule has 4 rings (SSSR count). The fraction of sp³-hybridized carbons (Fsp3) is 0.308. The van der Waals surface area contributed by atoms with Crippen molar-refractivity contribution in [1.82, 2.24) is 10.3 Å². The minimum atomic E-state index is -6.10. The molecule has 214 valence electrons. The van der Waals surface area contributed by atoms with Gasteiger partial charge in [-0.25, -0.2) is 8.42 Å². The Hall–Kier alpha value is -3.65. The van der Waals surface area contributed by atoms with Crippen LogP contribution in [0.4, 0.5) is 32.0 Å². The predicted octanol–water partition coefficient (Wildman–Crippen LogP) is 4.64. The highest BCUT2D eigenvalue weighted by Gasteiger charge is 2.71. The Labute approximate surface area is 225 Å². The number of carbonyl (C=O) groups is 1. The van der Waals surface area contributed by atoms with Crippen LogP contribution in [-0.4, -0.2) is 49.4 Å². The molecule has 0 fully saturated rings. The molecule has 1 atom stereocenters. The van der Waals surface area contributed by atoms with Gasteiger partial charge in [-0.2, -0.15) is 26.3 Å². The zero-order valence-electron chi connectivity index (χ0n) is 20.8. The second-order valence-electron chi connectivity index (χ2n) is 9.28. The van der Waals surface area contributed by atoms with Crippen molar-refractivity contribution in [3.63, 3.8) is 0 Å². The Morgan fingerprint density at radius 3 is 2.25 bits per heavy atom. The topological polar surface area (TPSA) is 99.6 Å². The summed E-state index contributed by atoms with van der Waals surface area (Å²) in [6.07, 6.45) is -11.0. The number of aryl methyl sites for hydroxylation is 2. The SMILES string of the molecule is Cc1ccc(S(=O)(=O)N2c3ccc(C(O)(C(F)(F)F)C(F)(F)F)cc3CC[C@H]2CNC(=O)c2ccccn2)cc1. The Morgan fingerprint density at radius 2 is 1.68 bits per heavy atom. The van der Waals surface area contributed by atoms with E-state index in [2.05, 4.69) is 10.3 Å². The Morgan fingerprint density at radius 1 is 1.02 bits per heavy atom. The third-order valence-corrected chi connectivity index (χ3v) is 8.49. The van der Waals surface area contributed by atoms with Crippen molar-refractivity contribution in [2.45, 2.75) is 48.7 Å². The summed E-state index contributed by atoms with van der Waals surface area (Å²) in [5.41, 5.74) is -6.15. The normalized spacial score (nSPS) is 16.4. The van der Waals surface area contributed by atoms with E-state index < -0.39 is 45.5 Å². The number of anilines is 1. The standard InChI is InChI=1S/C26H23F6N3O4S/c1-16-5-10-20(11-6-16)40(38,39)35-19(15-34-23(36)21-4-2-3-13-33-21)9-7-17-14-18(8-12-22(17)35)24(37,25(27,28)29)26(30,31)32/h2-6,8,10-14,19,37H,7,9,15H2,1H3,(H,34,36)/t19-/m0/s1. The van der Waals surface area contributed by atoms with Crippen molar-refractivity contribution in [3.8, 4) is 0 Å². The van der Waals surface area contributed by atoms with E-state index in [1.54, 1.807) is 19.1 Å². The molecular formula is C26H23F6N3O4S. The summed E-state index contributed by atoms with van der Waals surface area (Å²) in [6, 6.07) is 11.1. The maximum Gasteiger partial charge on any atom is 0.430 e. The highest BCUT2D eigenvalue weighted by Crippen LogP contribution is 2.51. The summed E-state index contributed by atoms with van der Waals surface area (Å²) in [5.74, 6) is -0.602. The number of hydrogen-bond acceptors (Lipinski definition) is 5. The van der Waals surface area contributed by atoms with E-state index in [0.717, 1.165) is 15.9 Å². The summed E-state index contributed by atoms with van der Waals surface area (Å²) < 4.78 is 109. The molecule has 0 saturated carbocycles. The van der Waals surface area contributed by atoms with Crippen molar-refractivity contribution in [1.29, 1.82) is 0 Å². The van der Waals surface area contributed by atoms with E-state index in [-0.39, 0.29) is 41.2 Å². The number of nitrogens with zero attached hydrogens (tertiary/aromatic N) is 2. The number of carbonyl (C=O) groups excluding carboxylic acids is 1. The van der Waals surface area contributed by atoms with Crippen molar-refractivity contribution in [3.05, 3.63) is 89.2 Å². The molecule has 40 heavy (non-hydrogen) atoms. The largest absolute Gasteiger partial charge is 0.430 e. The van der Waals surface area contributed by atoms with E-state index in [9.17, 15) is 44.7 Å². The van der Waals surface area contributed by atoms with Crippen LogP contribution in [0.1, 0.15) is 33.6 Å². The minimum Gasteiger partial charge on any atom is -0.369 e. The maximum atomic E-state index is 13.8. The van der Waals surface area contributed by atoms with E-state index in [0.29, 0.717) is 12.1 Å². The predicted molar refractivity (Wildman–Crippen MR) is 132 cm³/mol. The fourth-order valence-electron chi connectivity index (χ4n) is 4.48. The summed E-state index contributed by atoms with van der Waals surface area (Å²) in [7, 11) is -4.40. The van der Waals surface area contributed by atoms with Crippen molar-refractivity contribution >= 4 is 21.6 Å². The lowest BCUT2D eigenvalue weighted by Gasteiger charge is -2.39. The van der Waals surface area contributed by atoms with Crippen LogP contribution in [0.3, 0.4) is 0 Å². The molecule has 0 unspecified atom stereocenters. The summed E-state index contributed by atoms with van der Waals surface area (Å²) in [6.45, 7) is 1.50. The smallest absolute Gasteiger partial charge is 0.369 e. The van der Waals surface area contributed by atoms with E-state index in [4.69, 9.17) is 0 Å². The molecule has 0 radical (unpaired) electrons. The molecule has 1 aromatic heterocycles. The van der Waals surface area contributed by atoms with Crippen LogP contribution in [0, 0.1) is 6.92 Å². The van der Waals surface area contributed by atoms with Crippen LogP contribution in [0.2, 0.25) is 0 Å². The first-order valence-electron chi connectivity index (χ1n) is 11.9. The molecule has 0 aliphatic carbocycles. The molecule has 2 aromatic carbocycles. The van der Waals surface area contributed by atoms with Gasteiger partial charge >= 0.3 is 12.4 Å². The molecule has 0 saturated heterocycles. The Kier molecular flexibility index (Phi) is 7.62. The zero-order valence-corrected chi connectivity index (χ0v) is 21.6. The van der Waals surface area contributed by atoms with Gasteiger partial charge in [-0.3, -0.25) is 14.1 Å². The molecule has 7 nitrogen and oxygen atoms in total. The lowest BCUT2D eigenvalue weighted by molar-refractivity contribution is -0.376. The summed E-state index contributed by atoms with van der Waals surface area (Å²) in [4.78, 5) is 16.3. The number of halogens is 6. The Bertz CT molecular complexity index is 1480. The second-order valence-corrected chi connectivity index (χ2v) is 11.1. The first kappa shape index (κ1) is 29.3. The van der Waals surface area contributed by atoms with Crippen molar-refractivity contribution in [2.24, 2.45) is 0 Å². The van der Waals surface area contributed by atoms with Gasteiger partial charge in [0.1, 0.15) is 5.69 Å². The maximum absolute atomic E-state index is 13.8. The molecule has 3 aromatic rings. The van der Waals surface area contributed by atoms with Gasteiger partial charge in [0, 0.05) is 18.3 Å². The minimum absolute atomic E-state index is 0.0551. The number of amides is 1. The van der Waals surface area contributed by atoms with Crippen LogP contribution in [0.25, 0.3) is 0 Å². The number of benzene rings is 2. The van der Waals surface area contributed by atoms with E-state index in [1.165, 1.54) is 36.5 Å². The lowest BCUT2D eigenvalue weighted by atomic mass is 9.88. The van der Waals surface area contributed by atoms with Gasteiger partial charge in [-0.1, -0.05) is 35.9 Å². The third-order valence-electron chi connectivity index (χ3n) is 6.61. The summed E-state index contributed by atoms with van der Waals surface area (Å²) >= 11 is 0. The molecule has 14 heteroatoms. The van der Waals surface area contributed by atoms with E-state index >= 15 is 0 Å². The quantitative estimate of drug-likeness (QED) is 0.410.